The fraction of sp³-hybridized carbons (Fsp3) is 0.176. The lowest BCUT2D eigenvalue weighted by molar-refractivity contribution is 0.632. The van der Waals surface area contributed by atoms with Gasteiger partial charge in [0.15, 0.2) is 0 Å². The molecule has 0 amide bonds. The third kappa shape index (κ3) is 4.38. The smallest absolute Gasteiger partial charge is 0.333 e. The van der Waals surface area contributed by atoms with Gasteiger partial charge in [-0.05, 0) is 92.9 Å². The van der Waals surface area contributed by atoms with Crippen molar-refractivity contribution in [1.29, 1.82) is 0 Å². The van der Waals surface area contributed by atoms with E-state index in [1.54, 1.807) is 0 Å². The lowest BCUT2D eigenvalue weighted by Crippen LogP contribution is -2.62. The van der Waals surface area contributed by atoms with Gasteiger partial charge >= 0.3 is 6.85 Å². The van der Waals surface area contributed by atoms with Crippen LogP contribution in [0.25, 0.3) is 42.4 Å². The van der Waals surface area contributed by atoms with Gasteiger partial charge in [-0.1, -0.05) is 149 Å². The van der Waals surface area contributed by atoms with Crippen molar-refractivity contribution in [2.24, 2.45) is 5.92 Å². The van der Waals surface area contributed by atoms with Crippen LogP contribution in [-0.2, 0) is 5.41 Å². The van der Waals surface area contributed by atoms with E-state index >= 15 is 0 Å². The molecule has 8 aromatic rings. The summed E-state index contributed by atoms with van der Waals surface area (Å²) < 4.78 is 2.68. The Balaban J connectivity index is 1.22. The molecule has 1 aromatic heterocycles. The number of rotatable bonds is 5. The Kier molecular flexibility index (Phi) is 6.62. The van der Waals surface area contributed by atoms with E-state index in [1.165, 1.54) is 118 Å². The highest BCUT2D eigenvalue weighted by molar-refractivity contribution is 7.26. The Labute approximate surface area is 327 Å². The van der Waals surface area contributed by atoms with Crippen molar-refractivity contribution < 1.29 is 0 Å². The molecule has 1 fully saturated rings. The van der Waals surface area contributed by atoms with E-state index in [9.17, 15) is 0 Å². The highest BCUT2D eigenvalue weighted by Gasteiger charge is 2.50. The van der Waals surface area contributed by atoms with Crippen molar-refractivity contribution in [2.45, 2.75) is 51.4 Å². The molecule has 0 N–H and O–H groups in total. The molecule has 0 saturated heterocycles. The third-order valence-corrected chi connectivity index (χ3v) is 14.5. The maximum atomic E-state index is 2.74. The highest BCUT2D eigenvalue weighted by Crippen LogP contribution is 2.58. The monoisotopic (exact) mass is 724 g/mol. The number of nitrogens with zero attached hydrogens (tertiary/aromatic N) is 2. The van der Waals surface area contributed by atoms with Crippen molar-refractivity contribution in [2.75, 3.05) is 9.71 Å². The topological polar surface area (TPSA) is 6.48 Å². The van der Waals surface area contributed by atoms with E-state index in [4.69, 9.17) is 0 Å². The first-order chi connectivity index (χ1) is 27.0. The lowest BCUT2D eigenvalue weighted by Gasteiger charge is -2.50. The maximum Gasteiger partial charge on any atom is 0.333 e. The van der Waals surface area contributed by atoms with Crippen LogP contribution in [0.15, 0.2) is 146 Å². The molecule has 4 aliphatic rings. The predicted octanol–water partition coefficient (Wildman–Crippen LogP) is 13.0. The molecule has 2 nitrogen and oxygen atoms in total. The fourth-order valence-electron chi connectivity index (χ4n) is 10.7. The quantitative estimate of drug-likeness (QED) is 0.163. The zero-order valence-electron chi connectivity index (χ0n) is 31.5. The van der Waals surface area contributed by atoms with Crippen molar-refractivity contribution in [3.8, 4) is 22.3 Å². The Hall–Kier alpha value is -5.58. The summed E-state index contributed by atoms with van der Waals surface area (Å²) in [6, 6.07) is 55.7. The molecule has 1 saturated carbocycles. The molecule has 2 atom stereocenters. The Morgan fingerprint density at radius 1 is 0.655 bits per heavy atom. The summed E-state index contributed by atoms with van der Waals surface area (Å²) in [6.07, 6.45) is 3.84. The second kappa shape index (κ2) is 11.5. The minimum atomic E-state index is -0.150. The third-order valence-electron chi connectivity index (χ3n) is 13.3. The molecule has 264 valence electrons. The molecule has 0 radical (unpaired) electrons. The van der Waals surface area contributed by atoms with E-state index in [-0.39, 0.29) is 12.3 Å². The number of hydrogen-bond acceptors (Lipinski definition) is 3. The van der Waals surface area contributed by atoms with Gasteiger partial charge in [-0.3, -0.25) is 0 Å². The molecule has 12 rings (SSSR count). The maximum absolute atomic E-state index is 2.74. The van der Waals surface area contributed by atoms with Crippen LogP contribution in [0, 0.1) is 5.92 Å². The SMILES string of the molecule is CCCC1CC1c1cc2c3c(c1)N1c4ccccc4C(C)(C)c4cccc(c41)B3N(c1cccc3c1sc1ccccc13)c1cc(-c3ccccc3)ccc1-2. The van der Waals surface area contributed by atoms with Gasteiger partial charge in [0.2, 0.25) is 0 Å². The van der Waals surface area contributed by atoms with Gasteiger partial charge in [0.1, 0.15) is 0 Å². The summed E-state index contributed by atoms with van der Waals surface area (Å²) in [4.78, 5) is 5.41. The van der Waals surface area contributed by atoms with Gasteiger partial charge in [-0.15, -0.1) is 11.3 Å². The van der Waals surface area contributed by atoms with Gasteiger partial charge in [-0.25, -0.2) is 0 Å². The number of benzene rings is 7. The molecule has 4 heteroatoms. The minimum Gasteiger partial charge on any atom is -0.375 e. The summed E-state index contributed by atoms with van der Waals surface area (Å²) in [5.74, 6) is 1.39. The summed E-state index contributed by atoms with van der Waals surface area (Å²) in [6.45, 7) is 7.18. The summed E-state index contributed by atoms with van der Waals surface area (Å²) >= 11 is 1.93. The van der Waals surface area contributed by atoms with Gasteiger partial charge in [0.05, 0.1) is 10.4 Å². The van der Waals surface area contributed by atoms with Crippen molar-refractivity contribution in [3.05, 3.63) is 162 Å². The Bertz CT molecular complexity index is 2890. The fourth-order valence-corrected chi connectivity index (χ4v) is 11.9. The first-order valence-corrected chi connectivity index (χ1v) is 20.9. The van der Waals surface area contributed by atoms with Crippen molar-refractivity contribution in [3.63, 3.8) is 0 Å². The predicted molar refractivity (Wildman–Crippen MR) is 236 cm³/mol. The van der Waals surface area contributed by atoms with Crippen LogP contribution in [-0.4, -0.2) is 6.85 Å². The van der Waals surface area contributed by atoms with Crippen LogP contribution in [0.3, 0.4) is 0 Å². The molecule has 1 aliphatic carbocycles. The van der Waals surface area contributed by atoms with Gasteiger partial charge in [-0.2, -0.15) is 0 Å². The normalized spacial score (nSPS) is 18.2. The Morgan fingerprint density at radius 2 is 1.42 bits per heavy atom. The van der Waals surface area contributed by atoms with Gasteiger partial charge in [0, 0.05) is 49.2 Å². The molecule has 7 aromatic carbocycles. The lowest BCUT2D eigenvalue weighted by atomic mass is 9.42. The first-order valence-electron chi connectivity index (χ1n) is 20.1. The number of fused-ring (bicyclic) bond motifs is 9. The largest absolute Gasteiger partial charge is 0.375 e. The van der Waals surface area contributed by atoms with Gasteiger partial charge in [0.25, 0.3) is 0 Å². The second-order valence-corrected chi connectivity index (χ2v) is 17.8. The van der Waals surface area contributed by atoms with Gasteiger partial charge < -0.3 is 9.71 Å². The standard InChI is InChI=1S/C51H41BN2S/c1-4-14-33-27-38(33)34-28-39-35-26-25-32(31-15-6-5-7-16-31)29-45(35)54(44-23-12-18-37-36-17-8-11-24-47(36)55-50(37)44)52-42-21-13-20-41-49(42)53(46(30-34)48(39)52)43-22-10-9-19-40(43)51(41,2)3/h5-13,15-26,28-30,33,38H,4,14,27H2,1-3H3. The second-order valence-electron chi connectivity index (χ2n) is 16.7. The molecule has 0 bridgehead atoms. The van der Waals surface area contributed by atoms with E-state index in [0.717, 1.165) is 5.92 Å². The molecule has 3 aliphatic heterocycles. The number of anilines is 5. The average molecular weight is 725 g/mol. The number of para-hydroxylation sites is 2. The summed E-state index contributed by atoms with van der Waals surface area (Å²) in [7, 11) is 0. The van der Waals surface area contributed by atoms with Crippen LogP contribution in [0.2, 0.25) is 0 Å². The van der Waals surface area contributed by atoms with Crippen LogP contribution in [0.5, 0.6) is 0 Å². The minimum absolute atomic E-state index is 0.00807. The van der Waals surface area contributed by atoms with Crippen LogP contribution in [0.4, 0.5) is 28.4 Å². The van der Waals surface area contributed by atoms with Crippen LogP contribution < -0.4 is 20.6 Å². The van der Waals surface area contributed by atoms with E-state index < -0.39 is 0 Å². The van der Waals surface area contributed by atoms with E-state index in [2.05, 4.69) is 176 Å². The van der Waals surface area contributed by atoms with Crippen molar-refractivity contribution in [1.82, 2.24) is 0 Å². The van der Waals surface area contributed by atoms with Crippen molar-refractivity contribution >= 4 is 77.7 Å². The molecule has 55 heavy (non-hydrogen) atoms. The van der Waals surface area contributed by atoms with E-state index in [0.29, 0.717) is 5.92 Å². The van der Waals surface area contributed by atoms with E-state index in [1.807, 2.05) is 11.3 Å². The van der Waals surface area contributed by atoms with Crippen LogP contribution >= 0.6 is 11.3 Å². The first kappa shape index (κ1) is 31.7. The van der Waals surface area contributed by atoms with Crippen LogP contribution in [0.1, 0.15) is 62.6 Å². The zero-order chi connectivity index (χ0) is 36.6. The molecular formula is C51H41BN2S. The number of hydrogen-bond donors (Lipinski definition) is 0. The molecular weight excluding hydrogens is 683 g/mol. The Morgan fingerprint density at radius 3 is 2.31 bits per heavy atom. The zero-order valence-corrected chi connectivity index (χ0v) is 32.3. The number of thiophene rings is 1. The summed E-state index contributed by atoms with van der Waals surface area (Å²) in [5, 5.41) is 2.67. The molecule has 0 spiro atoms. The summed E-state index contributed by atoms with van der Waals surface area (Å²) in [5.41, 5.74) is 18.8. The average Bonchev–Trinajstić information content (AvgIpc) is 3.89. The highest BCUT2D eigenvalue weighted by atomic mass is 32.1. The molecule has 4 heterocycles. The molecule has 2 unspecified atom stereocenters.